The summed E-state index contributed by atoms with van der Waals surface area (Å²) in [6, 6.07) is 6.07. The Labute approximate surface area is 220 Å². The van der Waals surface area contributed by atoms with E-state index in [0.717, 1.165) is 19.4 Å². The van der Waals surface area contributed by atoms with E-state index in [4.69, 9.17) is 14.5 Å². The van der Waals surface area contributed by atoms with Gasteiger partial charge in [-0.1, -0.05) is 6.07 Å². The Hall–Kier alpha value is -3.85. The predicted molar refractivity (Wildman–Crippen MR) is 134 cm³/mol. The van der Waals surface area contributed by atoms with E-state index in [-0.39, 0.29) is 48.8 Å². The number of likely N-dealkylation sites (N-methyl/N-ethyl adjacent to an activating group) is 1. The van der Waals surface area contributed by atoms with Gasteiger partial charge in [0.1, 0.15) is 30.1 Å². The van der Waals surface area contributed by atoms with Crippen LogP contribution < -0.4 is 14.4 Å². The number of nitrogens with zero attached hydrogens (tertiary/aromatic N) is 6. The first-order valence-corrected chi connectivity index (χ1v) is 12.8. The number of carboxylic acid groups (broad SMARTS) is 1. The van der Waals surface area contributed by atoms with Gasteiger partial charge < -0.3 is 34.4 Å². The topological polar surface area (TPSA) is 135 Å². The molecule has 3 aliphatic rings. The van der Waals surface area contributed by atoms with Crippen LogP contribution in [-0.4, -0.2) is 88.0 Å². The van der Waals surface area contributed by atoms with Crippen LogP contribution in [0.25, 0.3) is 0 Å². The number of rotatable bonds is 6. The Bertz CT molecular complexity index is 1220. The second kappa shape index (κ2) is 10.9. The Morgan fingerprint density at radius 3 is 2.82 bits per heavy atom. The fraction of sp³-hybridized carbons (Fsp3) is 0.538. The molecule has 38 heavy (non-hydrogen) atoms. The zero-order valence-electron chi connectivity index (χ0n) is 21.2. The minimum Gasteiger partial charge on any atom is -0.507 e. The Morgan fingerprint density at radius 2 is 2.11 bits per heavy atom. The van der Waals surface area contributed by atoms with Crippen molar-refractivity contribution in [3.8, 4) is 23.7 Å². The Balaban J connectivity index is 1.46. The molecule has 1 amide bonds. The molecule has 2 aromatic rings. The molecule has 2 N–H and O–H groups in total. The summed E-state index contributed by atoms with van der Waals surface area (Å²) in [4.78, 5) is 26.4. The maximum atomic E-state index is 14.6. The highest BCUT2D eigenvalue weighted by Crippen LogP contribution is 2.42. The summed E-state index contributed by atoms with van der Waals surface area (Å²) in [5.41, 5.74) is 0.791. The van der Waals surface area contributed by atoms with Crippen molar-refractivity contribution in [3.05, 3.63) is 35.1 Å². The smallest absolute Gasteiger partial charge is 0.407 e. The number of halogens is 1. The third-order valence-electron chi connectivity index (χ3n) is 7.62. The lowest BCUT2D eigenvalue weighted by Gasteiger charge is -2.40. The predicted octanol–water partition coefficient (Wildman–Crippen LogP) is 2.94. The van der Waals surface area contributed by atoms with E-state index in [9.17, 15) is 24.7 Å². The average Bonchev–Trinajstić information content (AvgIpc) is 3.31. The van der Waals surface area contributed by atoms with Crippen LogP contribution in [0.1, 0.15) is 42.9 Å². The number of hydrogen-bond acceptors (Lipinski definition) is 9. The largest absolute Gasteiger partial charge is 0.507 e. The molecular formula is C26H31FN6O5. The summed E-state index contributed by atoms with van der Waals surface area (Å²) in [6.07, 6.45) is 1.20. The van der Waals surface area contributed by atoms with Crippen molar-refractivity contribution in [3.63, 3.8) is 0 Å². The van der Waals surface area contributed by atoms with Gasteiger partial charge in [-0.3, -0.25) is 0 Å². The summed E-state index contributed by atoms with van der Waals surface area (Å²) in [7, 11) is 2.05. The highest BCUT2D eigenvalue weighted by molar-refractivity contribution is 5.66. The lowest BCUT2D eigenvalue weighted by Crippen LogP contribution is -2.55. The number of phenolic OH excluding ortho intramolecular Hbond substituents is 1. The van der Waals surface area contributed by atoms with Gasteiger partial charge in [-0.05, 0) is 51.4 Å². The van der Waals surface area contributed by atoms with Gasteiger partial charge in [0, 0.05) is 25.7 Å². The molecule has 2 fully saturated rings. The molecule has 2 saturated heterocycles. The number of fused-ring (bicyclic) bond motifs is 1. The molecule has 3 unspecified atom stereocenters. The molecule has 0 radical (unpaired) electrons. The summed E-state index contributed by atoms with van der Waals surface area (Å²) in [5.74, 6) is 0.0744. The molecule has 0 saturated carbocycles. The summed E-state index contributed by atoms with van der Waals surface area (Å²) in [5, 5.41) is 29.2. The minimum atomic E-state index is -1.06. The Morgan fingerprint density at radius 1 is 1.26 bits per heavy atom. The molecule has 11 nitrogen and oxygen atoms in total. The minimum absolute atomic E-state index is 0.0541. The maximum absolute atomic E-state index is 14.6. The standard InChI is InChI=1S/C26H31FN6O5/c1-31-11-3-4-17(31)15-37-25-29-23(32-12-13-33(26(35)36)16(14-32)9-10-28)18-7-8-21(38-24(18)30-25)22-19(27)5-2-6-20(22)34/h2,5-6,16-17,21,34H,3-4,7-9,11-15H2,1H3,(H,35,36). The molecule has 0 spiro atoms. The highest BCUT2D eigenvalue weighted by Gasteiger charge is 2.36. The molecule has 1 aromatic heterocycles. The van der Waals surface area contributed by atoms with E-state index in [2.05, 4.69) is 16.0 Å². The monoisotopic (exact) mass is 526 g/mol. The summed E-state index contributed by atoms with van der Waals surface area (Å²) < 4.78 is 26.8. The fourth-order valence-electron chi connectivity index (χ4n) is 5.53. The number of likely N-dealkylation sites (tertiary alicyclic amines) is 1. The third kappa shape index (κ3) is 5.11. The molecule has 0 aliphatic carbocycles. The van der Waals surface area contributed by atoms with E-state index >= 15 is 0 Å². The van der Waals surface area contributed by atoms with Crippen LogP contribution >= 0.6 is 0 Å². The van der Waals surface area contributed by atoms with Crippen molar-refractivity contribution >= 4 is 11.9 Å². The number of hydrogen-bond donors (Lipinski definition) is 2. The number of nitriles is 1. The molecule has 4 heterocycles. The number of aromatic hydroxyl groups is 1. The quantitative estimate of drug-likeness (QED) is 0.578. The van der Waals surface area contributed by atoms with Crippen molar-refractivity contribution in [1.29, 1.82) is 5.26 Å². The van der Waals surface area contributed by atoms with Crippen LogP contribution in [0.3, 0.4) is 0 Å². The van der Waals surface area contributed by atoms with Crippen LogP contribution in [0.15, 0.2) is 18.2 Å². The molecule has 3 atom stereocenters. The van der Waals surface area contributed by atoms with Gasteiger partial charge in [0.15, 0.2) is 0 Å². The van der Waals surface area contributed by atoms with Gasteiger partial charge in [0.05, 0.1) is 29.7 Å². The van der Waals surface area contributed by atoms with Crippen LogP contribution in [0.5, 0.6) is 17.6 Å². The normalized spacial score (nSPS) is 23.4. The first-order chi connectivity index (χ1) is 18.4. The van der Waals surface area contributed by atoms with Crippen molar-refractivity contribution in [2.45, 2.75) is 50.3 Å². The van der Waals surface area contributed by atoms with Crippen LogP contribution in [0.2, 0.25) is 0 Å². The van der Waals surface area contributed by atoms with Gasteiger partial charge in [-0.15, -0.1) is 0 Å². The van der Waals surface area contributed by atoms with Gasteiger partial charge in [-0.2, -0.15) is 15.2 Å². The molecule has 12 heteroatoms. The van der Waals surface area contributed by atoms with Gasteiger partial charge in [0.2, 0.25) is 5.88 Å². The van der Waals surface area contributed by atoms with Crippen LogP contribution in [0.4, 0.5) is 15.0 Å². The number of anilines is 1. The maximum Gasteiger partial charge on any atom is 0.407 e. The van der Waals surface area contributed by atoms with E-state index in [1.807, 2.05) is 11.9 Å². The van der Waals surface area contributed by atoms with Gasteiger partial charge in [-0.25, -0.2) is 9.18 Å². The van der Waals surface area contributed by atoms with Gasteiger partial charge in [0.25, 0.3) is 0 Å². The number of amides is 1. The molecule has 202 valence electrons. The SMILES string of the molecule is CN1CCCC1COc1nc2c(c(N3CCN(C(=O)O)C(CC#N)C3)n1)CCC(c1c(O)cccc1F)O2. The summed E-state index contributed by atoms with van der Waals surface area (Å²) in [6.45, 7) is 2.27. The number of piperazine rings is 1. The highest BCUT2D eigenvalue weighted by atomic mass is 19.1. The van der Waals surface area contributed by atoms with Crippen LogP contribution in [0, 0.1) is 17.1 Å². The number of benzene rings is 1. The van der Waals surface area contributed by atoms with Crippen molar-refractivity contribution in [1.82, 2.24) is 19.8 Å². The first-order valence-electron chi connectivity index (χ1n) is 12.8. The summed E-state index contributed by atoms with van der Waals surface area (Å²) >= 11 is 0. The second-order valence-corrected chi connectivity index (χ2v) is 9.96. The zero-order valence-corrected chi connectivity index (χ0v) is 21.2. The zero-order chi connectivity index (χ0) is 26.8. The van der Waals surface area contributed by atoms with E-state index in [1.165, 1.54) is 23.1 Å². The lowest BCUT2D eigenvalue weighted by molar-refractivity contribution is 0.118. The average molecular weight is 527 g/mol. The molecule has 5 rings (SSSR count). The Kier molecular flexibility index (Phi) is 7.37. The second-order valence-electron chi connectivity index (χ2n) is 9.96. The van der Waals surface area contributed by atoms with Gasteiger partial charge >= 0.3 is 12.1 Å². The fourth-order valence-corrected chi connectivity index (χ4v) is 5.53. The first kappa shape index (κ1) is 25.8. The van der Waals surface area contributed by atoms with E-state index < -0.39 is 24.1 Å². The number of phenols is 1. The number of ether oxygens (including phenoxy) is 2. The molecule has 1 aromatic carbocycles. The van der Waals surface area contributed by atoms with E-state index in [0.29, 0.717) is 37.4 Å². The van der Waals surface area contributed by atoms with Crippen molar-refractivity contribution < 1.29 is 28.9 Å². The van der Waals surface area contributed by atoms with Crippen molar-refractivity contribution in [2.75, 3.05) is 44.7 Å². The molecular weight excluding hydrogens is 495 g/mol. The number of carbonyl (C=O) groups is 1. The number of aromatic nitrogens is 2. The third-order valence-corrected chi connectivity index (χ3v) is 7.62. The lowest BCUT2D eigenvalue weighted by atomic mass is 9.97. The molecule has 0 bridgehead atoms. The van der Waals surface area contributed by atoms with Crippen LogP contribution in [-0.2, 0) is 6.42 Å². The van der Waals surface area contributed by atoms with E-state index in [1.54, 1.807) is 0 Å². The van der Waals surface area contributed by atoms with Crippen molar-refractivity contribution in [2.24, 2.45) is 0 Å². The molecule has 3 aliphatic heterocycles.